The van der Waals surface area contributed by atoms with Crippen molar-refractivity contribution in [3.63, 3.8) is 0 Å². The van der Waals surface area contributed by atoms with E-state index in [9.17, 15) is 0 Å². The minimum absolute atomic E-state index is 0.956. The molecular formula is C22H34N6. The molecular weight excluding hydrogens is 348 g/mol. The standard InChI is InChI=1S/C22H34N6/c1-18-8-7-9-21(19(18)2)27-14-16-28(17-15-27)22(23-4)25-10-5-6-12-26-13-11-24-20(26)3/h7-9,11,13H,5-6,10,12,14-17H2,1-4H3,(H,23,25). The lowest BCUT2D eigenvalue weighted by molar-refractivity contribution is 0.372. The van der Waals surface area contributed by atoms with E-state index in [-0.39, 0.29) is 0 Å². The Hall–Kier alpha value is -2.50. The second-order valence-electron chi connectivity index (χ2n) is 7.54. The summed E-state index contributed by atoms with van der Waals surface area (Å²) in [5.41, 5.74) is 4.13. The van der Waals surface area contributed by atoms with Crippen molar-refractivity contribution < 1.29 is 0 Å². The Kier molecular flexibility index (Phi) is 6.95. The Morgan fingerprint density at radius 2 is 1.89 bits per heavy atom. The van der Waals surface area contributed by atoms with Crippen molar-refractivity contribution >= 4 is 11.6 Å². The van der Waals surface area contributed by atoms with E-state index in [4.69, 9.17) is 0 Å². The normalized spacial score (nSPS) is 15.2. The molecule has 6 heteroatoms. The number of unbranched alkanes of at least 4 members (excludes halogenated alkanes) is 1. The van der Waals surface area contributed by atoms with E-state index in [1.807, 2.05) is 13.2 Å². The first kappa shape index (κ1) is 20.2. The van der Waals surface area contributed by atoms with Crippen LogP contribution >= 0.6 is 0 Å². The van der Waals surface area contributed by atoms with Crippen LogP contribution in [0.15, 0.2) is 35.6 Å². The molecule has 1 fully saturated rings. The van der Waals surface area contributed by atoms with Gasteiger partial charge in [-0.25, -0.2) is 4.98 Å². The minimum Gasteiger partial charge on any atom is -0.368 e. The average Bonchev–Trinajstić information content (AvgIpc) is 3.12. The third-order valence-electron chi connectivity index (χ3n) is 5.74. The van der Waals surface area contributed by atoms with Crippen molar-refractivity contribution in [3.8, 4) is 0 Å². The van der Waals surface area contributed by atoms with Crippen molar-refractivity contribution in [1.82, 2.24) is 19.8 Å². The summed E-state index contributed by atoms with van der Waals surface area (Å²) in [4.78, 5) is 13.7. The first-order chi connectivity index (χ1) is 13.6. The van der Waals surface area contributed by atoms with Gasteiger partial charge in [0.1, 0.15) is 5.82 Å². The van der Waals surface area contributed by atoms with Gasteiger partial charge < -0.3 is 19.7 Å². The van der Waals surface area contributed by atoms with Crippen LogP contribution in [0.1, 0.15) is 29.8 Å². The SMILES string of the molecule is CN=C(NCCCCn1ccnc1C)N1CCN(c2cccc(C)c2C)CC1. The predicted octanol–water partition coefficient (Wildman–Crippen LogP) is 2.99. The van der Waals surface area contributed by atoms with Gasteiger partial charge in [-0.2, -0.15) is 0 Å². The Balaban J connectivity index is 1.42. The van der Waals surface area contributed by atoms with Gasteiger partial charge in [-0.1, -0.05) is 12.1 Å². The van der Waals surface area contributed by atoms with Crippen LogP contribution in [-0.4, -0.2) is 60.2 Å². The fourth-order valence-corrected chi connectivity index (χ4v) is 3.82. The molecule has 0 unspecified atom stereocenters. The molecule has 2 heterocycles. The summed E-state index contributed by atoms with van der Waals surface area (Å²) in [6.07, 6.45) is 6.19. The molecule has 6 nitrogen and oxygen atoms in total. The highest BCUT2D eigenvalue weighted by molar-refractivity contribution is 5.80. The van der Waals surface area contributed by atoms with E-state index in [1.165, 1.54) is 16.8 Å². The molecule has 1 aliphatic heterocycles. The highest BCUT2D eigenvalue weighted by atomic mass is 15.3. The molecule has 0 radical (unpaired) electrons. The van der Waals surface area contributed by atoms with Gasteiger partial charge in [0.05, 0.1) is 0 Å². The maximum Gasteiger partial charge on any atom is 0.193 e. The van der Waals surface area contributed by atoms with Crippen molar-refractivity contribution in [2.75, 3.05) is 44.7 Å². The van der Waals surface area contributed by atoms with Gasteiger partial charge in [-0.15, -0.1) is 0 Å². The van der Waals surface area contributed by atoms with Crippen LogP contribution in [0.3, 0.4) is 0 Å². The molecule has 0 saturated carbocycles. The number of nitrogens with zero attached hydrogens (tertiary/aromatic N) is 5. The number of aromatic nitrogens is 2. The molecule has 152 valence electrons. The van der Waals surface area contributed by atoms with Crippen LogP contribution in [0.2, 0.25) is 0 Å². The number of piperazine rings is 1. The molecule has 0 bridgehead atoms. The molecule has 1 aromatic heterocycles. The summed E-state index contributed by atoms with van der Waals surface area (Å²) in [6.45, 7) is 12.5. The summed E-state index contributed by atoms with van der Waals surface area (Å²) in [5.74, 6) is 2.12. The van der Waals surface area contributed by atoms with Crippen LogP contribution in [0.4, 0.5) is 5.69 Å². The number of aliphatic imine (C=N–C) groups is 1. The molecule has 1 aliphatic rings. The minimum atomic E-state index is 0.956. The molecule has 1 saturated heterocycles. The molecule has 0 atom stereocenters. The molecule has 28 heavy (non-hydrogen) atoms. The second kappa shape index (κ2) is 9.62. The molecule has 0 amide bonds. The number of hydrogen-bond acceptors (Lipinski definition) is 3. The van der Waals surface area contributed by atoms with E-state index in [0.29, 0.717) is 0 Å². The second-order valence-corrected chi connectivity index (χ2v) is 7.54. The topological polar surface area (TPSA) is 48.7 Å². The summed E-state index contributed by atoms with van der Waals surface area (Å²) < 4.78 is 2.21. The van der Waals surface area contributed by atoms with Crippen LogP contribution in [0.25, 0.3) is 0 Å². The third kappa shape index (κ3) is 4.86. The van der Waals surface area contributed by atoms with Gasteiger partial charge >= 0.3 is 0 Å². The van der Waals surface area contributed by atoms with Gasteiger partial charge in [0.25, 0.3) is 0 Å². The largest absolute Gasteiger partial charge is 0.368 e. The number of guanidine groups is 1. The zero-order valence-electron chi connectivity index (χ0n) is 17.8. The molecule has 1 N–H and O–H groups in total. The summed E-state index contributed by atoms with van der Waals surface area (Å²) in [7, 11) is 1.88. The lowest BCUT2D eigenvalue weighted by Crippen LogP contribution is -2.52. The monoisotopic (exact) mass is 382 g/mol. The number of imidazole rings is 1. The molecule has 1 aromatic carbocycles. The number of aryl methyl sites for hydroxylation is 3. The van der Waals surface area contributed by atoms with E-state index in [1.54, 1.807) is 0 Å². The van der Waals surface area contributed by atoms with Crippen LogP contribution in [-0.2, 0) is 6.54 Å². The third-order valence-corrected chi connectivity index (χ3v) is 5.74. The van der Waals surface area contributed by atoms with E-state index < -0.39 is 0 Å². The highest BCUT2D eigenvalue weighted by Crippen LogP contribution is 2.23. The Labute approximate surface area is 169 Å². The van der Waals surface area contributed by atoms with Gasteiger partial charge in [0.15, 0.2) is 5.96 Å². The van der Waals surface area contributed by atoms with Gasteiger partial charge in [0.2, 0.25) is 0 Å². The molecule has 2 aromatic rings. The summed E-state index contributed by atoms with van der Waals surface area (Å²) >= 11 is 0. The number of nitrogens with one attached hydrogen (secondary N) is 1. The van der Waals surface area contributed by atoms with Crippen molar-refractivity contribution in [2.24, 2.45) is 4.99 Å². The van der Waals surface area contributed by atoms with Crippen LogP contribution < -0.4 is 10.2 Å². The van der Waals surface area contributed by atoms with Gasteiger partial charge in [-0.3, -0.25) is 4.99 Å². The van der Waals surface area contributed by atoms with Crippen LogP contribution in [0, 0.1) is 20.8 Å². The number of hydrogen-bond donors (Lipinski definition) is 1. The first-order valence-electron chi connectivity index (χ1n) is 10.3. The van der Waals surface area contributed by atoms with Crippen molar-refractivity contribution in [3.05, 3.63) is 47.5 Å². The quantitative estimate of drug-likeness (QED) is 0.474. The number of anilines is 1. The molecule has 0 spiro atoms. The fourth-order valence-electron chi connectivity index (χ4n) is 3.82. The predicted molar refractivity (Wildman–Crippen MR) is 117 cm³/mol. The average molecular weight is 383 g/mol. The lowest BCUT2D eigenvalue weighted by atomic mass is 10.1. The zero-order valence-corrected chi connectivity index (χ0v) is 17.8. The number of benzene rings is 1. The smallest absolute Gasteiger partial charge is 0.193 e. The Bertz CT molecular complexity index is 786. The van der Waals surface area contributed by atoms with Crippen molar-refractivity contribution in [2.45, 2.75) is 40.2 Å². The maximum absolute atomic E-state index is 4.50. The number of rotatable bonds is 6. The first-order valence-corrected chi connectivity index (χ1v) is 10.3. The zero-order chi connectivity index (χ0) is 19.9. The van der Waals surface area contributed by atoms with Crippen LogP contribution in [0.5, 0.6) is 0 Å². The highest BCUT2D eigenvalue weighted by Gasteiger charge is 2.20. The summed E-state index contributed by atoms with van der Waals surface area (Å²) in [6, 6.07) is 6.60. The van der Waals surface area contributed by atoms with Gasteiger partial charge in [0, 0.05) is 64.4 Å². The van der Waals surface area contributed by atoms with Gasteiger partial charge in [-0.05, 0) is 50.8 Å². The lowest BCUT2D eigenvalue weighted by Gasteiger charge is -2.38. The van der Waals surface area contributed by atoms with E-state index in [2.05, 4.69) is 74.8 Å². The summed E-state index contributed by atoms with van der Waals surface area (Å²) in [5, 5.41) is 3.54. The molecule has 0 aliphatic carbocycles. The maximum atomic E-state index is 4.50. The Morgan fingerprint density at radius 3 is 2.57 bits per heavy atom. The Morgan fingerprint density at radius 1 is 1.11 bits per heavy atom. The molecule has 3 rings (SSSR count). The van der Waals surface area contributed by atoms with E-state index >= 15 is 0 Å². The fraction of sp³-hybridized carbons (Fsp3) is 0.545. The van der Waals surface area contributed by atoms with Crippen molar-refractivity contribution in [1.29, 1.82) is 0 Å². The van der Waals surface area contributed by atoms with E-state index in [0.717, 1.165) is 63.9 Å².